The fraction of sp³-hybridized carbons (Fsp3) is 0.387. The molecule has 198 valence electrons. The van der Waals surface area contributed by atoms with E-state index in [1.54, 1.807) is 6.08 Å². The van der Waals surface area contributed by atoms with E-state index >= 15 is 0 Å². The van der Waals surface area contributed by atoms with Gasteiger partial charge in [0.05, 0.1) is 18.7 Å². The minimum absolute atomic E-state index is 0.0882. The first-order valence-electron chi connectivity index (χ1n) is 13.4. The van der Waals surface area contributed by atoms with Gasteiger partial charge >= 0.3 is 5.97 Å². The van der Waals surface area contributed by atoms with E-state index in [4.69, 9.17) is 9.15 Å². The topological polar surface area (TPSA) is 92.9 Å². The lowest BCUT2D eigenvalue weighted by molar-refractivity contribution is -0.136. The second-order valence-corrected chi connectivity index (χ2v) is 10.3. The molecule has 3 aromatic rings. The first-order valence-corrected chi connectivity index (χ1v) is 13.4. The number of ether oxygens (including phenoxy) is 1. The van der Waals surface area contributed by atoms with E-state index in [0.717, 1.165) is 35.7 Å². The third-order valence-corrected chi connectivity index (χ3v) is 7.69. The van der Waals surface area contributed by atoms with Gasteiger partial charge in [-0.2, -0.15) is 0 Å². The molecular formula is C31H34N2O5. The number of rotatable bonds is 9. The summed E-state index contributed by atoms with van der Waals surface area (Å²) in [5.74, 6) is 2.06. The van der Waals surface area contributed by atoms with Crippen LogP contribution in [0.3, 0.4) is 0 Å². The second kappa shape index (κ2) is 11.7. The minimum atomic E-state index is -1.06. The highest BCUT2D eigenvalue weighted by Gasteiger charge is 2.36. The number of carbonyl (C=O) groups excluding carboxylic acids is 1. The van der Waals surface area contributed by atoms with Crippen LogP contribution in [0.1, 0.15) is 49.1 Å². The van der Waals surface area contributed by atoms with E-state index in [-0.39, 0.29) is 17.9 Å². The van der Waals surface area contributed by atoms with Crippen LogP contribution in [0, 0.1) is 18.8 Å². The van der Waals surface area contributed by atoms with Crippen molar-refractivity contribution < 1.29 is 23.8 Å². The second-order valence-electron chi connectivity index (χ2n) is 10.3. The molecule has 0 bridgehead atoms. The number of carboxylic acid groups (broad SMARTS) is 1. The van der Waals surface area contributed by atoms with Crippen molar-refractivity contribution in [2.24, 2.45) is 11.8 Å². The summed E-state index contributed by atoms with van der Waals surface area (Å²) < 4.78 is 11.7. The summed E-state index contributed by atoms with van der Waals surface area (Å²) in [6, 6.07) is 17.0. The summed E-state index contributed by atoms with van der Waals surface area (Å²) in [5, 5.41) is 9.73. The van der Waals surface area contributed by atoms with Crippen LogP contribution in [-0.2, 0) is 16.0 Å². The number of likely N-dealkylation sites (tertiary alicyclic amines) is 1. The average molecular weight is 515 g/mol. The number of carboxylic acids is 1. The molecule has 2 fully saturated rings. The van der Waals surface area contributed by atoms with E-state index in [1.807, 2.05) is 66.4 Å². The van der Waals surface area contributed by atoms with E-state index in [2.05, 4.69) is 4.98 Å². The highest BCUT2D eigenvalue weighted by molar-refractivity contribution is 5.98. The summed E-state index contributed by atoms with van der Waals surface area (Å²) in [4.78, 5) is 31.2. The van der Waals surface area contributed by atoms with Crippen molar-refractivity contribution in [2.45, 2.75) is 45.4 Å². The Morgan fingerprint density at radius 3 is 2.39 bits per heavy atom. The van der Waals surface area contributed by atoms with Crippen molar-refractivity contribution in [2.75, 3.05) is 19.7 Å². The van der Waals surface area contributed by atoms with Crippen LogP contribution in [0.25, 0.3) is 17.5 Å². The van der Waals surface area contributed by atoms with Gasteiger partial charge in [-0.05, 0) is 67.5 Å². The molecule has 1 saturated carbocycles. The van der Waals surface area contributed by atoms with Gasteiger partial charge in [-0.15, -0.1) is 0 Å². The number of nitrogens with zero attached hydrogens (tertiary/aromatic N) is 2. The molecule has 2 aliphatic rings. The third kappa shape index (κ3) is 6.15. The van der Waals surface area contributed by atoms with Crippen molar-refractivity contribution in [1.29, 1.82) is 0 Å². The van der Waals surface area contributed by atoms with Gasteiger partial charge in [-0.3, -0.25) is 4.79 Å². The Kier molecular flexibility index (Phi) is 7.91. The van der Waals surface area contributed by atoms with Gasteiger partial charge in [0, 0.05) is 30.6 Å². The Balaban J connectivity index is 1.15. The molecule has 1 N–H and O–H groups in total. The number of carbonyl (C=O) groups is 2. The molecule has 7 nitrogen and oxygen atoms in total. The monoisotopic (exact) mass is 514 g/mol. The number of aromatic nitrogens is 1. The molecule has 1 aromatic heterocycles. The molecule has 1 aliphatic heterocycles. The molecule has 2 aromatic carbocycles. The SMILES string of the molecule is Cc1oc(-c2ccccc2)nc1CCOc1ccc(/C=C(\CC(=O)N2C[C@H]3CCCC[C@H]3C2)C(=O)O)cc1. The predicted octanol–water partition coefficient (Wildman–Crippen LogP) is 5.78. The van der Waals surface area contributed by atoms with E-state index in [9.17, 15) is 14.7 Å². The number of hydrogen-bond acceptors (Lipinski definition) is 5. The first kappa shape index (κ1) is 25.8. The summed E-state index contributed by atoms with van der Waals surface area (Å²) in [5.41, 5.74) is 2.62. The number of aryl methyl sites for hydroxylation is 1. The van der Waals surface area contributed by atoms with E-state index in [0.29, 0.717) is 36.5 Å². The van der Waals surface area contributed by atoms with Crippen molar-refractivity contribution in [3.05, 3.63) is 77.2 Å². The van der Waals surface area contributed by atoms with E-state index < -0.39 is 5.97 Å². The molecule has 0 radical (unpaired) electrons. The minimum Gasteiger partial charge on any atom is -0.493 e. The number of oxazole rings is 1. The van der Waals surface area contributed by atoms with Crippen LogP contribution >= 0.6 is 0 Å². The van der Waals surface area contributed by atoms with Gasteiger partial charge in [0.15, 0.2) is 0 Å². The molecule has 2 heterocycles. The normalized spacial score (nSPS) is 19.3. The number of fused-ring (bicyclic) bond motifs is 1. The van der Waals surface area contributed by atoms with Gasteiger partial charge in [0.2, 0.25) is 11.8 Å². The zero-order chi connectivity index (χ0) is 26.5. The van der Waals surface area contributed by atoms with Crippen LogP contribution < -0.4 is 4.74 Å². The highest BCUT2D eigenvalue weighted by atomic mass is 16.5. The molecule has 2 atom stereocenters. The molecular weight excluding hydrogens is 480 g/mol. The number of hydrogen-bond donors (Lipinski definition) is 1. The van der Waals surface area contributed by atoms with Gasteiger partial charge < -0.3 is 19.2 Å². The number of amides is 1. The van der Waals surface area contributed by atoms with Crippen LogP contribution in [0.5, 0.6) is 5.75 Å². The quantitative estimate of drug-likeness (QED) is 0.364. The summed E-state index contributed by atoms with van der Waals surface area (Å²) in [6.45, 7) is 3.87. The number of aliphatic carboxylic acids is 1. The Morgan fingerprint density at radius 2 is 1.74 bits per heavy atom. The lowest BCUT2D eigenvalue weighted by Gasteiger charge is -2.22. The molecule has 1 amide bonds. The number of benzene rings is 2. The van der Waals surface area contributed by atoms with Crippen molar-refractivity contribution in [1.82, 2.24) is 9.88 Å². The Hall–Kier alpha value is -3.87. The molecule has 1 aliphatic carbocycles. The zero-order valence-electron chi connectivity index (χ0n) is 21.8. The molecule has 1 saturated heterocycles. The fourth-order valence-electron chi connectivity index (χ4n) is 5.56. The van der Waals surface area contributed by atoms with Gasteiger partial charge in [-0.25, -0.2) is 9.78 Å². The maximum absolute atomic E-state index is 12.9. The molecule has 7 heteroatoms. The summed E-state index contributed by atoms with van der Waals surface area (Å²) in [7, 11) is 0. The first-order chi connectivity index (χ1) is 18.5. The maximum Gasteiger partial charge on any atom is 0.332 e. The van der Waals surface area contributed by atoms with Crippen LogP contribution in [-0.4, -0.2) is 46.6 Å². The van der Waals surface area contributed by atoms with E-state index in [1.165, 1.54) is 25.7 Å². The summed E-state index contributed by atoms with van der Waals surface area (Å²) >= 11 is 0. The zero-order valence-corrected chi connectivity index (χ0v) is 21.8. The van der Waals surface area contributed by atoms with Crippen LogP contribution in [0.4, 0.5) is 0 Å². The van der Waals surface area contributed by atoms with Crippen LogP contribution in [0.15, 0.2) is 64.6 Å². The van der Waals surface area contributed by atoms with Crippen molar-refractivity contribution in [3.63, 3.8) is 0 Å². The maximum atomic E-state index is 12.9. The third-order valence-electron chi connectivity index (χ3n) is 7.69. The molecule has 0 spiro atoms. The lowest BCUT2D eigenvalue weighted by atomic mass is 9.82. The molecule has 5 rings (SSSR count). The van der Waals surface area contributed by atoms with Crippen molar-refractivity contribution >= 4 is 18.0 Å². The van der Waals surface area contributed by atoms with Gasteiger partial charge in [-0.1, -0.05) is 43.2 Å². The molecule has 38 heavy (non-hydrogen) atoms. The standard InChI is InChI=1S/C31H34N2O5/c1-21-28(32-30(38-21)23-7-3-2-4-8-23)15-16-37-27-13-11-22(12-14-27)17-26(31(35)36)18-29(34)33-19-24-9-5-6-10-25(24)20-33/h2-4,7-8,11-14,17,24-25H,5-6,9-10,15-16,18-20H2,1H3,(H,35,36)/b26-17+/t24-,25+. The Labute approximate surface area is 223 Å². The smallest absolute Gasteiger partial charge is 0.332 e. The molecule has 0 unspecified atom stereocenters. The Morgan fingerprint density at radius 1 is 1.05 bits per heavy atom. The van der Waals surface area contributed by atoms with Crippen LogP contribution in [0.2, 0.25) is 0 Å². The largest absolute Gasteiger partial charge is 0.493 e. The van der Waals surface area contributed by atoms with Gasteiger partial charge in [0.25, 0.3) is 0 Å². The summed E-state index contributed by atoms with van der Waals surface area (Å²) in [6.07, 6.45) is 6.92. The van der Waals surface area contributed by atoms with Crippen molar-refractivity contribution in [3.8, 4) is 17.2 Å². The lowest BCUT2D eigenvalue weighted by Crippen LogP contribution is -2.29. The Bertz CT molecular complexity index is 1280. The average Bonchev–Trinajstić information content (AvgIpc) is 3.53. The fourth-order valence-corrected chi connectivity index (χ4v) is 5.56. The predicted molar refractivity (Wildman–Crippen MR) is 145 cm³/mol. The van der Waals surface area contributed by atoms with Gasteiger partial charge in [0.1, 0.15) is 11.5 Å². The highest BCUT2D eigenvalue weighted by Crippen LogP contribution is 2.36.